The van der Waals surface area contributed by atoms with Crippen molar-refractivity contribution in [2.24, 2.45) is 0 Å². The maximum atomic E-state index is 13.0. The van der Waals surface area contributed by atoms with Gasteiger partial charge in [0.15, 0.2) is 0 Å². The zero-order valence-electron chi connectivity index (χ0n) is 20.8. The summed E-state index contributed by atoms with van der Waals surface area (Å²) in [6.45, 7) is 1.08. The quantitative estimate of drug-likeness (QED) is 0.237. The number of nitrogens with zero attached hydrogens (tertiary/aromatic N) is 3. The van der Waals surface area contributed by atoms with E-state index in [9.17, 15) is 38.7 Å². The van der Waals surface area contributed by atoms with Gasteiger partial charge in [0.2, 0.25) is 17.7 Å². The Morgan fingerprint density at radius 3 is 1.89 bits per heavy atom. The Morgan fingerprint density at radius 2 is 1.35 bits per heavy atom. The SMILES string of the molecule is O=C(CCCCCNC(=O)C(CCC(C(=O)O)N1CCCC1=O)N1CCCC1=O)ON1C(=O)CCC1=O. The van der Waals surface area contributed by atoms with E-state index < -0.39 is 35.8 Å². The number of unbranched alkanes of at least 4 members (excludes halogenated alkanes) is 2. The minimum atomic E-state index is -1.13. The molecular formula is C24H34N4O9. The number of amides is 5. The molecule has 13 nitrogen and oxygen atoms in total. The number of imide groups is 1. The molecule has 3 saturated heterocycles. The van der Waals surface area contributed by atoms with Gasteiger partial charge in [-0.15, -0.1) is 5.06 Å². The zero-order valence-corrected chi connectivity index (χ0v) is 20.8. The topological polar surface area (TPSA) is 171 Å². The van der Waals surface area contributed by atoms with Gasteiger partial charge in [-0.05, 0) is 38.5 Å². The van der Waals surface area contributed by atoms with Gasteiger partial charge in [-0.2, -0.15) is 0 Å². The third-order valence-corrected chi connectivity index (χ3v) is 6.83. The maximum Gasteiger partial charge on any atom is 0.333 e. The Labute approximate surface area is 214 Å². The molecule has 0 spiro atoms. The molecule has 3 fully saturated rings. The van der Waals surface area contributed by atoms with Crippen LogP contribution >= 0.6 is 0 Å². The highest BCUT2D eigenvalue weighted by atomic mass is 16.7. The van der Waals surface area contributed by atoms with Gasteiger partial charge in [0.05, 0.1) is 0 Å². The Kier molecular flexibility index (Phi) is 9.98. The van der Waals surface area contributed by atoms with Gasteiger partial charge in [0, 0.05) is 51.7 Å². The van der Waals surface area contributed by atoms with Gasteiger partial charge < -0.3 is 25.1 Å². The third-order valence-electron chi connectivity index (χ3n) is 6.83. The van der Waals surface area contributed by atoms with Gasteiger partial charge in [-0.25, -0.2) is 9.59 Å². The average Bonchev–Trinajstić information content (AvgIpc) is 3.55. The predicted molar refractivity (Wildman–Crippen MR) is 125 cm³/mol. The highest BCUT2D eigenvalue weighted by Gasteiger charge is 2.37. The Morgan fingerprint density at radius 1 is 0.784 bits per heavy atom. The molecule has 0 aliphatic carbocycles. The summed E-state index contributed by atoms with van der Waals surface area (Å²) in [6.07, 6.45) is 3.68. The van der Waals surface area contributed by atoms with Crippen molar-refractivity contribution in [1.29, 1.82) is 0 Å². The Hall–Kier alpha value is -3.51. The number of hydrogen-bond acceptors (Lipinski definition) is 8. The molecular weight excluding hydrogens is 488 g/mol. The largest absolute Gasteiger partial charge is 0.480 e. The van der Waals surface area contributed by atoms with E-state index in [0.717, 1.165) is 0 Å². The van der Waals surface area contributed by atoms with Crippen molar-refractivity contribution >= 4 is 41.5 Å². The molecule has 2 N–H and O–H groups in total. The minimum absolute atomic E-state index is 0.0156. The van der Waals surface area contributed by atoms with Crippen LogP contribution in [0.3, 0.4) is 0 Å². The number of carbonyl (C=O) groups excluding carboxylic acids is 6. The lowest BCUT2D eigenvalue weighted by Crippen LogP contribution is -2.49. The van der Waals surface area contributed by atoms with Crippen molar-refractivity contribution in [3.05, 3.63) is 0 Å². The zero-order chi connectivity index (χ0) is 26.9. The van der Waals surface area contributed by atoms with Gasteiger partial charge in [-0.1, -0.05) is 6.42 Å². The standard InChI is InChI=1S/C24H34N4O9/c29-18-6-4-14-26(18)16(9-10-17(24(35)36)27-15-5-7-19(27)30)23(34)25-13-3-1-2-8-22(33)37-28-20(31)11-12-21(28)32/h16-17H,1-15H2,(H,25,34)(H,35,36). The maximum absolute atomic E-state index is 13.0. The normalized spacial score (nSPS) is 19.5. The fraction of sp³-hybridized carbons (Fsp3) is 0.708. The molecule has 0 saturated carbocycles. The van der Waals surface area contributed by atoms with Crippen LogP contribution in [-0.4, -0.2) is 93.2 Å². The molecule has 0 aromatic rings. The molecule has 2 atom stereocenters. The van der Waals surface area contributed by atoms with E-state index in [4.69, 9.17) is 4.84 Å². The van der Waals surface area contributed by atoms with Crippen LogP contribution in [0.15, 0.2) is 0 Å². The molecule has 0 aromatic heterocycles. The second-order valence-electron chi connectivity index (χ2n) is 9.48. The number of hydroxylamine groups is 2. The number of carboxylic acid groups (broad SMARTS) is 1. The van der Waals surface area contributed by atoms with Gasteiger partial charge in [0.25, 0.3) is 11.8 Å². The number of hydrogen-bond donors (Lipinski definition) is 2. The van der Waals surface area contributed by atoms with Gasteiger partial charge >= 0.3 is 11.9 Å². The van der Waals surface area contributed by atoms with E-state index in [-0.39, 0.29) is 49.8 Å². The lowest BCUT2D eigenvalue weighted by atomic mass is 10.0. The fourth-order valence-corrected chi connectivity index (χ4v) is 4.86. The average molecular weight is 523 g/mol. The Balaban J connectivity index is 1.43. The molecule has 0 radical (unpaired) electrons. The van der Waals surface area contributed by atoms with Crippen LogP contribution in [0.25, 0.3) is 0 Å². The van der Waals surface area contributed by atoms with E-state index in [1.54, 1.807) is 0 Å². The molecule has 37 heavy (non-hydrogen) atoms. The summed E-state index contributed by atoms with van der Waals surface area (Å²) in [5.41, 5.74) is 0. The van der Waals surface area contributed by atoms with Crippen LogP contribution in [0.1, 0.15) is 77.0 Å². The lowest BCUT2D eigenvalue weighted by Gasteiger charge is -2.30. The summed E-state index contributed by atoms with van der Waals surface area (Å²) >= 11 is 0. The fourth-order valence-electron chi connectivity index (χ4n) is 4.86. The van der Waals surface area contributed by atoms with Crippen LogP contribution < -0.4 is 5.32 Å². The summed E-state index contributed by atoms with van der Waals surface area (Å²) in [6, 6.07) is -1.85. The molecule has 3 rings (SSSR count). The summed E-state index contributed by atoms with van der Waals surface area (Å²) in [5.74, 6) is -3.62. The van der Waals surface area contributed by atoms with Crippen molar-refractivity contribution in [2.45, 2.75) is 89.1 Å². The first kappa shape index (κ1) is 28.1. The van der Waals surface area contributed by atoms with E-state index in [1.165, 1.54) is 9.80 Å². The molecule has 13 heteroatoms. The second kappa shape index (κ2) is 13.2. The summed E-state index contributed by atoms with van der Waals surface area (Å²) in [7, 11) is 0. The number of carbonyl (C=O) groups is 7. The summed E-state index contributed by atoms with van der Waals surface area (Å²) in [4.78, 5) is 91.6. The van der Waals surface area contributed by atoms with Gasteiger partial charge in [0.1, 0.15) is 12.1 Å². The lowest BCUT2D eigenvalue weighted by molar-refractivity contribution is -0.197. The van der Waals surface area contributed by atoms with Crippen LogP contribution in [0.2, 0.25) is 0 Å². The number of carboxylic acids is 1. The van der Waals surface area contributed by atoms with Crippen molar-refractivity contribution in [3.63, 3.8) is 0 Å². The molecule has 2 unspecified atom stereocenters. The molecule has 204 valence electrons. The molecule has 5 amide bonds. The van der Waals surface area contributed by atoms with Crippen molar-refractivity contribution in [1.82, 2.24) is 20.2 Å². The summed E-state index contributed by atoms with van der Waals surface area (Å²) in [5, 5.41) is 13.0. The molecule has 3 aliphatic rings. The first-order valence-electron chi connectivity index (χ1n) is 12.8. The van der Waals surface area contributed by atoms with E-state index in [0.29, 0.717) is 69.6 Å². The molecule has 3 aliphatic heterocycles. The molecule has 0 aromatic carbocycles. The van der Waals surface area contributed by atoms with Crippen LogP contribution in [0.4, 0.5) is 0 Å². The van der Waals surface area contributed by atoms with E-state index in [2.05, 4.69) is 5.32 Å². The number of rotatable bonds is 14. The smallest absolute Gasteiger partial charge is 0.333 e. The van der Waals surface area contributed by atoms with E-state index in [1.807, 2.05) is 0 Å². The van der Waals surface area contributed by atoms with Crippen molar-refractivity contribution in [3.8, 4) is 0 Å². The van der Waals surface area contributed by atoms with Crippen molar-refractivity contribution < 1.29 is 43.5 Å². The molecule has 3 heterocycles. The van der Waals surface area contributed by atoms with E-state index >= 15 is 0 Å². The van der Waals surface area contributed by atoms with Crippen LogP contribution in [-0.2, 0) is 38.4 Å². The number of aliphatic carboxylic acids is 1. The van der Waals surface area contributed by atoms with Crippen LogP contribution in [0.5, 0.6) is 0 Å². The first-order chi connectivity index (χ1) is 17.7. The third kappa shape index (κ3) is 7.49. The second-order valence-corrected chi connectivity index (χ2v) is 9.48. The molecule has 0 bridgehead atoms. The Bertz CT molecular complexity index is 921. The monoisotopic (exact) mass is 522 g/mol. The number of nitrogens with one attached hydrogen (secondary N) is 1. The predicted octanol–water partition coefficient (Wildman–Crippen LogP) is 0.117. The number of likely N-dealkylation sites (tertiary alicyclic amines) is 2. The minimum Gasteiger partial charge on any atom is -0.480 e. The van der Waals surface area contributed by atoms with Crippen molar-refractivity contribution in [2.75, 3.05) is 19.6 Å². The highest BCUT2D eigenvalue weighted by molar-refractivity contribution is 6.01. The highest BCUT2D eigenvalue weighted by Crippen LogP contribution is 2.22. The van der Waals surface area contributed by atoms with Crippen LogP contribution in [0, 0.1) is 0 Å². The van der Waals surface area contributed by atoms with Gasteiger partial charge in [-0.3, -0.25) is 24.0 Å². The summed E-state index contributed by atoms with van der Waals surface area (Å²) < 4.78 is 0. The first-order valence-corrected chi connectivity index (χ1v) is 12.8.